The summed E-state index contributed by atoms with van der Waals surface area (Å²) in [4.78, 5) is 17.5. The van der Waals surface area contributed by atoms with E-state index in [1.807, 2.05) is 30.3 Å². The van der Waals surface area contributed by atoms with Gasteiger partial charge in [0.25, 0.3) is 5.56 Å². The van der Waals surface area contributed by atoms with Crippen LogP contribution in [0, 0.1) is 0 Å². The number of benzene rings is 2. The van der Waals surface area contributed by atoms with Gasteiger partial charge in [0, 0.05) is 0 Å². The molecule has 0 spiro atoms. The van der Waals surface area contributed by atoms with Crippen molar-refractivity contribution in [2.45, 2.75) is 0 Å². The Balaban J connectivity index is 1.90. The minimum atomic E-state index is -0.263. The van der Waals surface area contributed by atoms with E-state index in [-0.39, 0.29) is 5.56 Å². The quantitative estimate of drug-likeness (QED) is 0.530. The van der Waals surface area contributed by atoms with Crippen LogP contribution in [0.3, 0.4) is 0 Å². The summed E-state index contributed by atoms with van der Waals surface area (Å²) in [6.45, 7) is 0. The van der Waals surface area contributed by atoms with Gasteiger partial charge in [0.1, 0.15) is 5.75 Å². The van der Waals surface area contributed by atoms with Gasteiger partial charge < -0.3 is 9.15 Å². The average molecular weight is 345 g/mol. The van der Waals surface area contributed by atoms with Gasteiger partial charge in [-0.15, -0.1) is 0 Å². The lowest BCUT2D eigenvalue weighted by molar-refractivity contribution is 0.414. The van der Waals surface area contributed by atoms with Crippen molar-refractivity contribution in [3.8, 4) is 17.3 Å². The van der Waals surface area contributed by atoms with Crippen molar-refractivity contribution in [1.29, 1.82) is 0 Å². The van der Waals surface area contributed by atoms with E-state index in [1.54, 1.807) is 43.7 Å². The minimum Gasteiger partial charge on any atom is -0.497 e. The van der Waals surface area contributed by atoms with Crippen molar-refractivity contribution in [2.24, 2.45) is 5.10 Å². The number of methoxy groups -OCH3 is 1. The topological polar surface area (TPSA) is 69.6 Å². The lowest BCUT2D eigenvalue weighted by Gasteiger charge is -2.07. The van der Waals surface area contributed by atoms with E-state index in [4.69, 9.17) is 9.15 Å². The molecule has 0 unspecified atom stereocenters. The van der Waals surface area contributed by atoms with Crippen molar-refractivity contribution in [1.82, 2.24) is 9.66 Å². The molecule has 0 radical (unpaired) electrons. The molecule has 0 aliphatic rings. The first-order chi connectivity index (χ1) is 12.8. The molecular weight excluding hydrogens is 330 g/mol. The highest BCUT2D eigenvalue weighted by atomic mass is 16.5. The summed E-state index contributed by atoms with van der Waals surface area (Å²) in [6, 6.07) is 18.0. The summed E-state index contributed by atoms with van der Waals surface area (Å²) < 4.78 is 11.9. The van der Waals surface area contributed by atoms with Crippen LogP contribution in [-0.2, 0) is 0 Å². The van der Waals surface area contributed by atoms with Gasteiger partial charge in [-0.3, -0.25) is 4.79 Å². The van der Waals surface area contributed by atoms with Crippen LogP contribution in [-0.4, -0.2) is 23.0 Å². The number of rotatable bonds is 4. The normalized spacial score (nSPS) is 11.3. The Kier molecular flexibility index (Phi) is 4.07. The molecule has 4 aromatic rings. The molecule has 0 fully saturated rings. The molecule has 0 saturated heterocycles. The Labute approximate surface area is 149 Å². The van der Waals surface area contributed by atoms with Crippen LogP contribution >= 0.6 is 0 Å². The SMILES string of the molecule is COc1cccc(/C=N\n2c(-c3ccco3)nc3ccccc3c2=O)c1. The highest BCUT2D eigenvalue weighted by Crippen LogP contribution is 2.19. The van der Waals surface area contributed by atoms with Crippen LogP contribution < -0.4 is 10.3 Å². The second-order valence-electron chi connectivity index (χ2n) is 5.57. The molecule has 6 heteroatoms. The molecule has 26 heavy (non-hydrogen) atoms. The lowest BCUT2D eigenvalue weighted by Crippen LogP contribution is -2.20. The molecule has 4 rings (SSSR count). The van der Waals surface area contributed by atoms with Crippen LogP contribution in [0.1, 0.15) is 5.56 Å². The number of aromatic nitrogens is 2. The molecule has 0 atom stereocenters. The predicted molar refractivity (Wildman–Crippen MR) is 99.7 cm³/mol. The van der Waals surface area contributed by atoms with Gasteiger partial charge in [0.2, 0.25) is 5.82 Å². The van der Waals surface area contributed by atoms with Gasteiger partial charge >= 0.3 is 0 Å². The fraction of sp³-hybridized carbons (Fsp3) is 0.0500. The second kappa shape index (κ2) is 6.68. The van der Waals surface area contributed by atoms with Crippen molar-refractivity contribution >= 4 is 17.1 Å². The molecule has 2 heterocycles. The van der Waals surface area contributed by atoms with Crippen LogP contribution in [0.15, 0.2) is 81.2 Å². The minimum absolute atomic E-state index is 0.263. The molecule has 0 saturated carbocycles. The number of para-hydroxylation sites is 1. The summed E-state index contributed by atoms with van der Waals surface area (Å²) in [5.74, 6) is 1.53. The van der Waals surface area contributed by atoms with E-state index in [2.05, 4.69) is 10.1 Å². The average Bonchev–Trinajstić information content (AvgIpc) is 3.22. The van der Waals surface area contributed by atoms with Gasteiger partial charge in [-0.2, -0.15) is 9.78 Å². The van der Waals surface area contributed by atoms with Crippen LogP contribution in [0.4, 0.5) is 0 Å². The zero-order valence-corrected chi connectivity index (χ0v) is 14.0. The lowest BCUT2D eigenvalue weighted by atomic mass is 10.2. The number of ether oxygens (including phenoxy) is 1. The first-order valence-corrected chi connectivity index (χ1v) is 8.00. The van der Waals surface area contributed by atoms with Gasteiger partial charge in [-0.05, 0) is 42.0 Å². The number of hydrogen-bond acceptors (Lipinski definition) is 5. The Morgan fingerprint density at radius 3 is 2.81 bits per heavy atom. The maximum atomic E-state index is 12.9. The van der Waals surface area contributed by atoms with E-state index in [0.717, 1.165) is 5.56 Å². The van der Waals surface area contributed by atoms with Crippen LogP contribution in [0.2, 0.25) is 0 Å². The third-order valence-electron chi connectivity index (χ3n) is 3.91. The fourth-order valence-corrected chi connectivity index (χ4v) is 2.64. The molecule has 0 aliphatic heterocycles. The molecule has 2 aromatic carbocycles. The van der Waals surface area contributed by atoms with Crippen LogP contribution in [0.25, 0.3) is 22.5 Å². The smallest absolute Gasteiger partial charge is 0.282 e. The summed E-state index contributed by atoms with van der Waals surface area (Å²) in [5, 5.41) is 4.85. The van der Waals surface area contributed by atoms with E-state index < -0.39 is 0 Å². The van der Waals surface area contributed by atoms with Crippen molar-refractivity contribution < 1.29 is 9.15 Å². The molecule has 0 amide bonds. The summed E-state index contributed by atoms with van der Waals surface area (Å²) >= 11 is 0. The molecule has 0 bridgehead atoms. The van der Waals surface area contributed by atoms with Crippen molar-refractivity contribution in [3.63, 3.8) is 0 Å². The Bertz CT molecular complexity index is 1140. The van der Waals surface area contributed by atoms with E-state index in [1.165, 1.54) is 10.9 Å². The van der Waals surface area contributed by atoms with Crippen molar-refractivity contribution in [3.05, 3.63) is 82.8 Å². The van der Waals surface area contributed by atoms with Gasteiger partial charge in [-0.1, -0.05) is 24.3 Å². The van der Waals surface area contributed by atoms with Crippen LogP contribution in [0.5, 0.6) is 5.75 Å². The van der Waals surface area contributed by atoms with Gasteiger partial charge in [-0.25, -0.2) is 4.98 Å². The van der Waals surface area contributed by atoms with Gasteiger partial charge in [0.15, 0.2) is 5.76 Å². The third kappa shape index (κ3) is 2.88. The third-order valence-corrected chi connectivity index (χ3v) is 3.91. The standard InChI is InChI=1S/C20H15N3O3/c1-25-15-7-4-6-14(12-15)13-21-23-19(18-10-5-11-26-18)22-17-9-3-2-8-16(17)20(23)24/h2-13H,1H3/b21-13-. The molecule has 0 aliphatic carbocycles. The highest BCUT2D eigenvalue weighted by molar-refractivity contribution is 5.82. The Hall–Kier alpha value is -3.67. The summed E-state index contributed by atoms with van der Waals surface area (Å²) in [7, 11) is 1.60. The first kappa shape index (κ1) is 15.8. The Morgan fingerprint density at radius 1 is 1.12 bits per heavy atom. The number of hydrogen-bond donors (Lipinski definition) is 0. The summed E-state index contributed by atoms with van der Waals surface area (Å²) in [5.41, 5.74) is 1.13. The van der Waals surface area contributed by atoms with E-state index in [0.29, 0.717) is 28.2 Å². The zero-order chi connectivity index (χ0) is 17.9. The highest BCUT2D eigenvalue weighted by Gasteiger charge is 2.14. The summed E-state index contributed by atoms with van der Waals surface area (Å²) in [6.07, 6.45) is 3.12. The largest absolute Gasteiger partial charge is 0.497 e. The maximum Gasteiger partial charge on any atom is 0.282 e. The Morgan fingerprint density at radius 2 is 2.00 bits per heavy atom. The number of nitrogens with zero attached hydrogens (tertiary/aromatic N) is 3. The molecule has 0 N–H and O–H groups in total. The van der Waals surface area contributed by atoms with E-state index >= 15 is 0 Å². The number of fused-ring (bicyclic) bond motifs is 1. The van der Waals surface area contributed by atoms with Gasteiger partial charge in [0.05, 0.1) is 30.5 Å². The molecule has 128 valence electrons. The van der Waals surface area contributed by atoms with E-state index in [9.17, 15) is 4.79 Å². The monoisotopic (exact) mass is 345 g/mol. The predicted octanol–water partition coefficient (Wildman–Crippen LogP) is 3.55. The second-order valence-corrected chi connectivity index (χ2v) is 5.57. The molecular formula is C20H15N3O3. The first-order valence-electron chi connectivity index (χ1n) is 8.00. The number of furan rings is 1. The van der Waals surface area contributed by atoms with Crippen molar-refractivity contribution in [2.75, 3.05) is 7.11 Å². The maximum absolute atomic E-state index is 12.9. The fourth-order valence-electron chi connectivity index (χ4n) is 2.64. The molecule has 2 aromatic heterocycles. The zero-order valence-electron chi connectivity index (χ0n) is 14.0. The molecule has 6 nitrogen and oxygen atoms in total.